The van der Waals surface area contributed by atoms with Crippen molar-refractivity contribution in [3.8, 4) is 11.4 Å². The normalized spacial score (nSPS) is 8.70. The molecule has 0 unspecified atom stereocenters. The Kier molecular flexibility index (Phi) is 13.8. The zero-order valence-electron chi connectivity index (χ0n) is 10.5. The minimum absolute atomic E-state index is 0. The van der Waals surface area contributed by atoms with Crippen LogP contribution < -0.4 is 0 Å². The topological polar surface area (TPSA) is 132 Å². The predicted molar refractivity (Wildman–Crippen MR) is 71.7 cm³/mol. The molecule has 4 N–H and O–H groups in total. The van der Waals surface area contributed by atoms with Crippen LogP contribution in [-0.2, 0) is 30.5 Å². The van der Waals surface area contributed by atoms with E-state index < -0.39 is 10.4 Å². The molecule has 0 amide bonds. The molecule has 2 aromatic heterocycles. The van der Waals surface area contributed by atoms with Gasteiger partial charge >= 0.3 is 10.4 Å². The molecule has 0 aliphatic heterocycles. The summed E-state index contributed by atoms with van der Waals surface area (Å²) in [6.07, 6.45) is 3.54. The van der Waals surface area contributed by atoms with Crippen molar-refractivity contribution in [3.05, 3.63) is 56.2 Å². The minimum atomic E-state index is -4.67. The molecule has 0 aliphatic rings. The van der Waals surface area contributed by atoms with Crippen molar-refractivity contribution in [3.63, 3.8) is 0 Å². The van der Waals surface area contributed by atoms with E-state index in [2.05, 4.69) is 9.97 Å². The van der Waals surface area contributed by atoms with Crippen molar-refractivity contribution in [1.29, 1.82) is 0 Å². The molecule has 0 saturated heterocycles. The second-order valence-electron chi connectivity index (χ2n) is 2.88. The zero-order valence-corrected chi connectivity index (χ0v) is 13.7. The fraction of sp³-hybridized carbons (Fsp3) is 0. The van der Waals surface area contributed by atoms with E-state index >= 15 is 0 Å². The Labute approximate surface area is 131 Å². The summed E-state index contributed by atoms with van der Waals surface area (Å²) in [6, 6.07) is 11.6. The quantitative estimate of drug-likeness (QED) is 0.465. The maximum atomic E-state index is 8.74. The summed E-state index contributed by atoms with van der Waals surface area (Å²) in [6.45, 7) is 0. The average Bonchev–Trinajstić information content (AvgIpc) is 2.29. The number of hydrogen-bond acceptors (Lipinski definition) is 4. The first kappa shape index (κ1) is 23.8. The zero-order chi connectivity index (χ0) is 12.7. The van der Waals surface area contributed by atoms with Gasteiger partial charge in [-0.1, -0.05) is 12.1 Å². The molecule has 2 rings (SSSR count). The summed E-state index contributed by atoms with van der Waals surface area (Å²) >= 11 is 0. The summed E-state index contributed by atoms with van der Waals surface area (Å²) in [5, 5.41) is 0. The number of rotatable bonds is 1. The van der Waals surface area contributed by atoms with Crippen molar-refractivity contribution < 1.29 is 43.1 Å². The molecule has 2 heterocycles. The van der Waals surface area contributed by atoms with Crippen LogP contribution >= 0.6 is 0 Å². The van der Waals surface area contributed by atoms with E-state index in [-0.39, 0.29) is 33.0 Å². The van der Waals surface area contributed by atoms with Gasteiger partial charge in [-0.3, -0.25) is 19.1 Å². The molecule has 1 radical (unpaired) electrons. The maximum Gasteiger partial charge on any atom is 0.394 e. The van der Waals surface area contributed by atoms with Gasteiger partial charge in [0.25, 0.3) is 0 Å². The van der Waals surface area contributed by atoms with Gasteiger partial charge in [-0.25, -0.2) is 0 Å². The third-order valence-electron chi connectivity index (χ3n) is 1.59. The van der Waals surface area contributed by atoms with Gasteiger partial charge in [0.05, 0.1) is 11.4 Å². The average molecular weight is 480 g/mol. The smallest absolute Gasteiger partial charge is 0.394 e. The first-order valence-corrected chi connectivity index (χ1v) is 5.89. The van der Waals surface area contributed by atoms with Gasteiger partial charge in [0, 0.05) is 32.5 Å². The molecular formula is C11H15IrN2O5S-. The fourth-order valence-electron chi connectivity index (χ4n) is 1.03. The molecule has 0 bridgehead atoms. The molecule has 0 aromatic carbocycles. The number of nitrogens with zero attached hydrogens (tertiary/aromatic N) is 2. The number of aromatic nitrogens is 2. The Hall–Kier alpha value is -1.22. The first-order valence-electron chi connectivity index (χ1n) is 4.49. The monoisotopic (exact) mass is 480 g/mol. The van der Waals surface area contributed by atoms with Crippen molar-refractivity contribution >= 4 is 10.4 Å². The van der Waals surface area contributed by atoms with E-state index in [4.69, 9.17) is 17.5 Å². The van der Waals surface area contributed by atoms with Gasteiger partial charge in [0.1, 0.15) is 0 Å². The van der Waals surface area contributed by atoms with E-state index in [1.54, 1.807) is 12.4 Å². The molecular weight excluding hydrogens is 464 g/mol. The molecule has 20 heavy (non-hydrogen) atoms. The molecule has 2 aromatic rings. The van der Waals surface area contributed by atoms with Gasteiger partial charge in [-0.05, 0) is 24.3 Å². The van der Waals surface area contributed by atoms with Crippen molar-refractivity contribution in [1.82, 2.24) is 9.97 Å². The summed E-state index contributed by atoms with van der Waals surface area (Å²) in [4.78, 5) is 8.37. The molecule has 0 atom stereocenters. The van der Waals surface area contributed by atoms with E-state index in [0.29, 0.717) is 0 Å². The summed E-state index contributed by atoms with van der Waals surface area (Å²) < 4.78 is 31.6. The molecule has 0 fully saturated rings. The van der Waals surface area contributed by atoms with E-state index in [1.165, 1.54) is 0 Å². The van der Waals surface area contributed by atoms with Crippen LogP contribution in [0.5, 0.6) is 0 Å². The van der Waals surface area contributed by atoms with Crippen molar-refractivity contribution in [2.45, 2.75) is 0 Å². The Bertz CT molecular complexity index is 506. The van der Waals surface area contributed by atoms with Crippen LogP contribution in [-0.4, -0.2) is 33.0 Å². The minimum Gasteiger partial charge on any atom is -0.412 e. The second-order valence-corrected chi connectivity index (χ2v) is 3.77. The summed E-state index contributed by atoms with van der Waals surface area (Å²) in [5.74, 6) is 0. The van der Waals surface area contributed by atoms with Gasteiger partial charge in [-0.2, -0.15) is 8.42 Å². The SMILES string of the molecule is O.O=S(=O)(O)O.[CH3-].[Ir].c1ccc(-c2ccccn2)nc1. The predicted octanol–water partition coefficient (Wildman–Crippen LogP) is 1.11. The fourth-order valence-corrected chi connectivity index (χ4v) is 1.03. The van der Waals surface area contributed by atoms with Gasteiger partial charge in [0.15, 0.2) is 0 Å². The second kappa shape index (κ2) is 11.6. The molecule has 7 nitrogen and oxygen atoms in total. The van der Waals surface area contributed by atoms with Crippen LogP contribution in [0.2, 0.25) is 0 Å². The van der Waals surface area contributed by atoms with Crippen LogP contribution in [0.1, 0.15) is 0 Å². The van der Waals surface area contributed by atoms with Gasteiger partial charge in [-0.15, -0.1) is 0 Å². The van der Waals surface area contributed by atoms with E-state index in [1.807, 2.05) is 36.4 Å². The molecule has 0 spiro atoms. The Morgan fingerprint density at radius 1 is 0.850 bits per heavy atom. The first-order chi connectivity index (χ1) is 7.97. The Balaban J connectivity index is -0.000000322. The van der Waals surface area contributed by atoms with Crippen molar-refractivity contribution in [2.75, 3.05) is 0 Å². The van der Waals surface area contributed by atoms with E-state index in [9.17, 15) is 0 Å². The number of pyridine rings is 2. The van der Waals surface area contributed by atoms with E-state index in [0.717, 1.165) is 11.4 Å². The standard InChI is InChI=1S/C10H8N2.CH3.Ir.H2O4S.H2O/c1-3-7-11-9(5-1)10-6-2-4-8-12-10;;;1-5(2,3)4;/h1-8H;1H3;;(H2,1,2,3,4);1H2/q;-1;;;. The summed E-state index contributed by atoms with van der Waals surface area (Å²) in [7, 11) is -4.67. The van der Waals surface area contributed by atoms with Crippen molar-refractivity contribution in [2.24, 2.45) is 0 Å². The van der Waals surface area contributed by atoms with Gasteiger partial charge < -0.3 is 12.9 Å². The third-order valence-corrected chi connectivity index (χ3v) is 1.59. The van der Waals surface area contributed by atoms with Crippen LogP contribution in [0.3, 0.4) is 0 Å². The van der Waals surface area contributed by atoms with Gasteiger partial charge in [0.2, 0.25) is 0 Å². The maximum absolute atomic E-state index is 8.74. The molecule has 0 saturated carbocycles. The largest absolute Gasteiger partial charge is 0.412 e. The third kappa shape index (κ3) is 11.8. The van der Waals surface area contributed by atoms with Crippen LogP contribution in [0.4, 0.5) is 0 Å². The van der Waals surface area contributed by atoms with Crippen LogP contribution in [0, 0.1) is 7.43 Å². The molecule has 0 aliphatic carbocycles. The van der Waals surface area contributed by atoms with Crippen LogP contribution in [0.15, 0.2) is 48.8 Å². The molecule has 115 valence electrons. The van der Waals surface area contributed by atoms with Crippen LogP contribution in [0.25, 0.3) is 11.4 Å². The Morgan fingerprint density at radius 2 is 1.15 bits per heavy atom. The molecule has 9 heteroatoms. The summed E-state index contributed by atoms with van der Waals surface area (Å²) in [5.41, 5.74) is 1.83. The number of hydrogen-bond donors (Lipinski definition) is 2. The Morgan fingerprint density at radius 3 is 1.35 bits per heavy atom.